The van der Waals surface area contributed by atoms with Crippen LogP contribution in [-0.4, -0.2) is 35.1 Å². The van der Waals surface area contributed by atoms with Crippen LogP contribution >= 0.6 is 0 Å². The molecule has 18 heavy (non-hydrogen) atoms. The minimum atomic E-state index is -0.877. The number of carboxylic acid groups (broad SMARTS) is 1. The second-order valence-corrected chi connectivity index (χ2v) is 4.18. The molecular weight excluding hydrogens is 238 g/mol. The standard InChI is InChI=1S/C11H17N3O4/c1-2-7(5-10(16)17)6-12-11(18)8-3-4-9(15)14-13-8/h7H,2-6H2,1H3,(H,12,18)(H,14,15)(H,16,17). The van der Waals surface area contributed by atoms with Gasteiger partial charge in [-0.3, -0.25) is 14.4 Å². The average molecular weight is 255 g/mol. The Morgan fingerprint density at radius 1 is 1.50 bits per heavy atom. The molecule has 1 aliphatic heterocycles. The molecule has 1 aliphatic rings. The fourth-order valence-corrected chi connectivity index (χ4v) is 1.58. The number of aliphatic carboxylic acids is 1. The van der Waals surface area contributed by atoms with Gasteiger partial charge in [0, 0.05) is 25.8 Å². The number of rotatable bonds is 6. The summed E-state index contributed by atoms with van der Waals surface area (Å²) in [5.74, 6) is -1.52. The molecular formula is C11H17N3O4. The number of nitrogens with zero attached hydrogens (tertiary/aromatic N) is 1. The summed E-state index contributed by atoms with van der Waals surface area (Å²) >= 11 is 0. The van der Waals surface area contributed by atoms with E-state index in [2.05, 4.69) is 15.8 Å². The molecule has 1 atom stereocenters. The topological polar surface area (TPSA) is 108 Å². The Labute approximate surface area is 105 Å². The third-order valence-electron chi connectivity index (χ3n) is 2.76. The molecule has 1 unspecified atom stereocenters. The lowest BCUT2D eigenvalue weighted by molar-refractivity contribution is -0.138. The summed E-state index contributed by atoms with van der Waals surface area (Å²) in [4.78, 5) is 33.1. The number of amides is 2. The van der Waals surface area contributed by atoms with Crippen LogP contribution in [0.4, 0.5) is 0 Å². The van der Waals surface area contributed by atoms with E-state index in [-0.39, 0.29) is 36.3 Å². The summed E-state index contributed by atoms with van der Waals surface area (Å²) in [6.45, 7) is 2.17. The van der Waals surface area contributed by atoms with Gasteiger partial charge in [-0.25, -0.2) is 5.43 Å². The monoisotopic (exact) mass is 255 g/mol. The zero-order valence-electron chi connectivity index (χ0n) is 10.2. The van der Waals surface area contributed by atoms with Crippen molar-refractivity contribution >= 4 is 23.5 Å². The van der Waals surface area contributed by atoms with Crippen molar-refractivity contribution in [2.24, 2.45) is 11.0 Å². The number of hydrogen-bond acceptors (Lipinski definition) is 4. The van der Waals surface area contributed by atoms with Crippen molar-refractivity contribution in [1.82, 2.24) is 10.7 Å². The second-order valence-electron chi connectivity index (χ2n) is 4.18. The fraction of sp³-hybridized carbons (Fsp3) is 0.636. The van der Waals surface area contributed by atoms with Gasteiger partial charge in [0.05, 0.1) is 0 Å². The molecule has 1 rings (SSSR count). The van der Waals surface area contributed by atoms with E-state index >= 15 is 0 Å². The Hall–Kier alpha value is -1.92. The number of carboxylic acids is 1. The first-order valence-electron chi connectivity index (χ1n) is 5.88. The summed E-state index contributed by atoms with van der Waals surface area (Å²) < 4.78 is 0. The molecule has 100 valence electrons. The highest BCUT2D eigenvalue weighted by Crippen LogP contribution is 2.07. The van der Waals surface area contributed by atoms with E-state index in [1.54, 1.807) is 0 Å². The lowest BCUT2D eigenvalue weighted by Crippen LogP contribution is -2.39. The largest absolute Gasteiger partial charge is 0.481 e. The Bertz CT molecular complexity index is 378. The predicted molar refractivity (Wildman–Crippen MR) is 63.9 cm³/mol. The molecule has 0 aromatic heterocycles. The van der Waals surface area contributed by atoms with E-state index in [9.17, 15) is 14.4 Å². The molecule has 7 nitrogen and oxygen atoms in total. The fourth-order valence-electron chi connectivity index (χ4n) is 1.58. The summed E-state index contributed by atoms with van der Waals surface area (Å²) in [6.07, 6.45) is 1.27. The van der Waals surface area contributed by atoms with Gasteiger partial charge in [0.15, 0.2) is 0 Å². The van der Waals surface area contributed by atoms with E-state index in [1.807, 2.05) is 6.92 Å². The molecule has 0 fully saturated rings. The maximum Gasteiger partial charge on any atom is 0.303 e. The molecule has 0 spiro atoms. The van der Waals surface area contributed by atoms with Crippen LogP contribution < -0.4 is 10.7 Å². The Morgan fingerprint density at radius 3 is 2.72 bits per heavy atom. The maximum atomic E-state index is 11.7. The van der Waals surface area contributed by atoms with Gasteiger partial charge >= 0.3 is 5.97 Å². The van der Waals surface area contributed by atoms with Crippen LogP contribution in [0.3, 0.4) is 0 Å². The van der Waals surface area contributed by atoms with Gasteiger partial charge in [0.25, 0.3) is 5.91 Å². The molecule has 0 bridgehead atoms. The first-order valence-corrected chi connectivity index (χ1v) is 5.88. The smallest absolute Gasteiger partial charge is 0.303 e. The molecule has 0 saturated carbocycles. The highest BCUT2D eigenvalue weighted by Gasteiger charge is 2.19. The van der Waals surface area contributed by atoms with E-state index < -0.39 is 5.97 Å². The first kappa shape index (κ1) is 14.1. The van der Waals surface area contributed by atoms with Crippen LogP contribution in [0.5, 0.6) is 0 Å². The highest BCUT2D eigenvalue weighted by atomic mass is 16.4. The average Bonchev–Trinajstić information content (AvgIpc) is 2.34. The van der Waals surface area contributed by atoms with Gasteiger partial charge in [-0.2, -0.15) is 5.10 Å². The Morgan fingerprint density at radius 2 is 2.22 bits per heavy atom. The number of hydrazone groups is 1. The van der Waals surface area contributed by atoms with Gasteiger partial charge in [-0.05, 0) is 5.92 Å². The van der Waals surface area contributed by atoms with Crippen molar-refractivity contribution in [2.75, 3.05) is 6.54 Å². The van der Waals surface area contributed by atoms with Crippen LogP contribution in [0, 0.1) is 5.92 Å². The summed E-state index contributed by atoms with van der Waals surface area (Å²) in [5, 5.41) is 15.0. The van der Waals surface area contributed by atoms with E-state index in [0.717, 1.165) is 0 Å². The van der Waals surface area contributed by atoms with Crippen LogP contribution in [0.25, 0.3) is 0 Å². The van der Waals surface area contributed by atoms with Gasteiger partial charge in [-0.15, -0.1) is 0 Å². The molecule has 0 aromatic rings. The number of carbonyl (C=O) groups excluding carboxylic acids is 2. The second kappa shape index (κ2) is 6.73. The molecule has 3 N–H and O–H groups in total. The minimum absolute atomic E-state index is 0.0278. The molecule has 0 aromatic carbocycles. The molecule has 0 radical (unpaired) electrons. The van der Waals surface area contributed by atoms with Crippen molar-refractivity contribution in [1.29, 1.82) is 0 Å². The lowest BCUT2D eigenvalue weighted by Gasteiger charge is -2.15. The van der Waals surface area contributed by atoms with Gasteiger partial charge in [0.1, 0.15) is 5.71 Å². The Balaban J connectivity index is 2.40. The minimum Gasteiger partial charge on any atom is -0.481 e. The molecule has 7 heteroatoms. The van der Waals surface area contributed by atoms with Crippen molar-refractivity contribution in [3.63, 3.8) is 0 Å². The van der Waals surface area contributed by atoms with Crippen LogP contribution in [-0.2, 0) is 14.4 Å². The SMILES string of the molecule is CCC(CNC(=O)C1=NNC(=O)CC1)CC(=O)O. The number of nitrogens with one attached hydrogen (secondary N) is 2. The highest BCUT2D eigenvalue weighted by molar-refractivity contribution is 6.39. The van der Waals surface area contributed by atoms with Crippen molar-refractivity contribution in [3.05, 3.63) is 0 Å². The van der Waals surface area contributed by atoms with Crippen LogP contribution in [0.1, 0.15) is 32.6 Å². The Kier molecular flexibility index (Phi) is 5.29. The maximum absolute atomic E-state index is 11.7. The molecule has 1 heterocycles. The van der Waals surface area contributed by atoms with Crippen LogP contribution in [0.2, 0.25) is 0 Å². The zero-order chi connectivity index (χ0) is 13.5. The van der Waals surface area contributed by atoms with Gasteiger partial charge in [-0.1, -0.05) is 13.3 Å². The third-order valence-corrected chi connectivity index (χ3v) is 2.76. The number of hydrogen-bond donors (Lipinski definition) is 3. The summed E-state index contributed by atoms with van der Waals surface area (Å²) in [5.41, 5.74) is 2.52. The molecule has 0 aliphatic carbocycles. The van der Waals surface area contributed by atoms with Crippen molar-refractivity contribution in [3.8, 4) is 0 Å². The third kappa shape index (κ3) is 4.52. The van der Waals surface area contributed by atoms with Crippen molar-refractivity contribution < 1.29 is 19.5 Å². The lowest BCUT2D eigenvalue weighted by atomic mass is 10.0. The van der Waals surface area contributed by atoms with E-state index in [0.29, 0.717) is 19.4 Å². The summed E-state index contributed by atoms with van der Waals surface area (Å²) in [7, 11) is 0. The normalized spacial score (nSPS) is 16.5. The van der Waals surface area contributed by atoms with Crippen molar-refractivity contribution in [2.45, 2.75) is 32.6 Å². The zero-order valence-corrected chi connectivity index (χ0v) is 10.2. The first-order chi connectivity index (χ1) is 8.52. The van der Waals surface area contributed by atoms with E-state index in [4.69, 9.17) is 5.11 Å². The van der Waals surface area contributed by atoms with E-state index in [1.165, 1.54) is 0 Å². The molecule has 2 amide bonds. The van der Waals surface area contributed by atoms with Gasteiger partial charge < -0.3 is 10.4 Å². The predicted octanol–water partition coefficient (Wildman–Crippen LogP) is -0.131. The number of carbonyl (C=O) groups is 3. The van der Waals surface area contributed by atoms with Gasteiger partial charge in [0.2, 0.25) is 5.91 Å². The quantitative estimate of drug-likeness (QED) is 0.614. The van der Waals surface area contributed by atoms with Crippen LogP contribution in [0.15, 0.2) is 5.10 Å². The molecule has 0 saturated heterocycles. The summed E-state index contributed by atoms with van der Waals surface area (Å²) in [6, 6.07) is 0.